The summed E-state index contributed by atoms with van der Waals surface area (Å²) in [4.78, 5) is 5.46. The van der Waals surface area contributed by atoms with Crippen molar-refractivity contribution in [3.05, 3.63) is 220 Å². The first-order valence-electron chi connectivity index (χ1n) is 30.1. The number of nitrogens with zero attached hydrogens (tertiary/aromatic N) is 2. The Labute approximate surface area is 533 Å². The SMILES string of the molecule is CC(C)(C)c1cc2c3c(c1)N(c1cc(-c4csc5ccccc45)cc(-c4csc5ccccc45)c1)c1sc4ccc(C(C)(C)C)cc4c1B3c1c(sc3ccc(C(C)(C)C)cc13)N2c1cc(-c2csc3ccccc23)cc(-c2csc3ccccc23)c1. The lowest BCUT2D eigenvalue weighted by molar-refractivity contribution is 0.590. The highest BCUT2D eigenvalue weighted by molar-refractivity contribution is 7.29. The van der Waals surface area contributed by atoms with Gasteiger partial charge in [0.2, 0.25) is 0 Å². The highest BCUT2D eigenvalue weighted by Crippen LogP contribution is 2.55. The van der Waals surface area contributed by atoms with Crippen LogP contribution in [0.15, 0.2) is 204 Å². The number of hydrogen-bond acceptors (Lipinski definition) is 8. The standard InChI is InChI=1S/C78H61BN2S6/c1-76(2,3)48-26-28-69-57(36-48)71-74(86-69)80(51-32-44(59-40-82-65-22-14-10-18-53(59)65)30-45(33-51)60-41-83-66-23-15-11-19-54(60)66)63-38-50(78(7,8)9)39-64-73(63)79(71)72-58-37-49(77(4,5)6)27-29-70(58)87-75(72)81(64)52-34-46(61-42-84-67-24-16-12-20-55(61)67)31-47(35-52)62-43-85-68-25-17-13-21-56(62)68/h10-43H,1-9H3. The van der Waals surface area contributed by atoms with Crippen molar-refractivity contribution >= 4 is 184 Å². The third-order valence-electron chi connectivity index (χ3n) is 18.4. The predicted molar refractivity (Wildman–Crippen MR) is 391 cm³/mol. The largest absolute Gasteiger partial charge is 0.303 e. The molecule has 0 radical (unpaired) electrons. The second-order valence-electron chi connectivity index (χ2n) is 27.0. The molecular formula is C78H61BN2S6. The summed E-state index contributed by atoms with van der Waals surface area (Å²) in [6, 6.07) is 70.8. The van der Waals surface area contributed by atoms with Crippen LogP contribution in [0.3, 0.4) is 0 Å². The van der Waals surface area contributed by atoms with Crippen LogP contribution in [-0.4, -0.2) is 6.71 Å². The van der Waals surface area contributed by atoms with E-state index in [9.17, 15) is 0 Å². The van der Waals surface area contributed by atoms with Crippen LogP contribution in [0.1, 0.15) is 79.0 Å². The van der Waals surface area contributed by atoms with Crippen molar-refractivity contribution in [1.29, 1.82) is 0 Å². The Morgan fingerprint density at radius 1 is 0.299 bits per heavy atom. The molecule has 2 aliphatic heterocycles. The maximum Gasteiger partial charge on any atom is 0.256 e. The molecule has 0 spiro atoms. The van der Waals surface area contributed by atoms with Crippen molar-refractivity contribution in [3.8, 4) is 44.5 Å². The molecule has 0 N–H and O–H groups in total. The predicted octanol–water partition coefficient (Wildman–Crippen LogP) is 23.6. The minimum Gasteiger partial charge on any atom is -0.303 e. The van der Waals surface area contributed by atoms with Gasteiger partial charge in [-0.15, -0.1) is 68.0 Å². The third kappa shape index (κ3) is 8.47. The van der Waals surface area contributed by atoms with Gasteiger partial charge in [-0.1, -0.05) is 159 Å². The molecule has 6 aromatic heterocycles. The Kier molecular flexibility index (Phi) is 12.0. The molecule has 9 aromatic carbocycles. The van der Waals surface area contributed by atoms with Crippen molar-refractivity contribution in [2.75, 3.05) is 9.80 Å². The van der Waals surface area contributed by atoms with Gasteiger partial charge in [0.1, 0.15) is 0 Å². The zero-order chi connectivity index (χ0) is 59.0. The van der Waals surface area contributed by atoms with Gasteiger partial charge in [0, 0.05) is 94.7 Å². The van der Waals surface area contributed by atoms with Crippen LogP contribution in [0.5, 0.6) is 0 Å². The van der Waals surface area contributed by atoms with E-state index in [4.69, 9.17) is 0 Å². The molecule has 0 amide bonds. The highest BCUT2D eigenvalue weighted by Gasteiger charge is 2.48. The molecule has 0 atom stereocenters. The van der Waals surface area contributed by atoms with Gasteiger partial charge in [0.25, 0.3) is 6.71 Å². The second-order valence-corrected chi connectivity index (χ2v) is 32.7. The molecule has 8 heterocycles. The van der Waals surface area contributed by atoms with E-state index in [1.807, 2.05) is 68.0 Å². The molecule has 0 saturated carbocycles. The van der Waals surface area contributed by atoms with E-state index in [1.165, 1.54) is 171 Å². The van der Waals surface area contributed by atoms with Crippen LogP contribution in [0, 0.1) is 0 Å². The molecule has 0 unspecified atom stereocenters. The van der Waals surface area contributed by atoms with Gasteiger partial charge in [-0.05, 0) is 189 Å². The molecule has 9 heteroatoms. The maximum atomic E-state index is 2.73. The summed E-state index contributed by atoms with van der Waals surface area (Å²) in [5.74, 6) is 0. The summed E-state index contributed by atoms with van der Waals surface area (Å²) < 4.78 is 7.83. The molecular weight excluding hydrogens is 1170 g/mol. The van der Waals surface area contributed by atoms with Gasteiger partial charge in [-0.25, -0.2) is 0 Å². The number of thiophene rings is 6. The third-order valence-corrected chi connectivity index (χ3v) is 24.6. The lowest BCUT2D eigenvalue weighted by Crippen LogP contribution is -2.60. The van der Waals surface area contributed by atoms with Crippen LogP contribution in [-0.2, 0) is 16.2 Å². The lowest BCUT2D eigenvalue weighted by atomic mass is 9.33. The highest BCUT2D eigenvalue weighted by atomic mass is 32.1. The Bertz CT molecular complexity index is 4840. The van der Waals surface area contributed by atoms with E-state index in [0.717, 1.165) is 0 Å². The smallest absolute Gasteiger partial charge is 0.256 e. The number of benzene rings is 9. The van der Waals surface area contributed by atoms with Crippen LogP contribution < -0.4 is 26.2 Å². The summed E-state index contributed by atoms with van der Waals surface area (Å²) >= 11 is 11.3. The van der Waals surface area contributed by atoms with Crippen LogP contribution in [0.25, 0.3) is 105 Å². The Morgan fingerprint density at radius 3 is 0.943 bits per heavy atom. The van der Waals surface area contributed by atoms with Crippen molar-refractivity contribution in [2.24, 2.45) is 0 Å². The number of anilines is 6. The first-order chi connectivity index (χ1) is 42.0. The zero-order valence-electron chi connectivity index (χ0n) is 50.1. The molecule has 0 fully saturated rings. The summed E-state index contributed by atoms with van der Waals surface area (Å²) in [6.45, 7) is 21.3. The van der Waals surface area contributed by atoms with Gasteiger partial charge in [-0.3, -0.25) is 0 Å². The van der Waals surface area contributed by atoms with Crippen LogP contribution in [0.2, 0.25) is 0 Å². The molecule has 87 heavy (non-hydrogen) atoms. The fourth-order valence-electron chi connectivity index (χ4n) is 13.8. The Hall–Kier alpha value is -7.60. The molecule has 15 aromatic rings. The molecule has 2 nitrogen and oxygen atoms in total. The Balaban J connectivity index is 1.02. The van der Waals surface area contributed by atoms with Crippen LogP contribution >= 0.6 is 68.0 Å². The molecule has 422 valence electrons. The van der Waals surface area contributed by atoms with Gasteiger partial charge in [0.15, 0.2) is 0 Å². The minimum absolute atomic E-state index is 0.0621. The summed E-state index contributed by atoms with van der Waals surface area (Å²) in [5.41, 5.74) is 22.7. The van der Waals surface area contributed by atoms with E-state index in [0.29, 0.717) is 0 Å². The summed E-state index contributed by atoms with van der Waals surface area (Å²) in [7, 11) is 0. The van der Waals surface area contributed by atoms with E-state index < -0.39 is 0 Å². The Morgan fingerprint density at radius 2 is 0.621 bits per heavy atom. The average Bonchev–Trinajstić information content (AvgIpc) is 1.65. The molecule has 0 saturated heterocycles. The monoisotopic (exact) mass is 1230 g/mol. The quantitative estimate of drug-likeness (QED) is 0.153. The van der Waals surface area contributed by atoms with Crippen molar-refractivity contribution in [2.45, 2.75) is 78.6 Å². The van der Waals surface area contributed by atoms with E-state index >= 15 is 0 Å². The summed E-state index contributed by atoms with van der Waals surface area (Å²) in [6.07, 6.45) is 0. The normalized spacial score (nSPS) is 13.5. The fraction of sp³-hybridized carbons (Fsp3) is 0.154. The van der Waals surface area contributed by atoms with Crippen molar-refractivity contribution in [1.82, 2.24) is 0 Å². The van der Waals surface area contributed by atoms with Gasteiger partial charge in [0.05, 0.1) is 10.0 Å². The molecule has 2 aliphatic rings. The first kappa shape index (κ1) is 53.6. The van der Waals surface area contributed by atoms with E-state index in [2.05, 4.69) is 276 Å². The van der Waals surface area contributed by atoms with Gasteiger partial charge in [-0.2, -0.15) is 0 Å². The number of fused-ring (bicyclic) bond motifs is 12. The first-order valence-corrected chi connectivity index (χ1v) is 35.2. The van der Waals surface area contributed by atoms with Crippen molar-refractivity contribution < 1.29 is 0 Å². The van der Waals surface area contributed by atoms with Crippen LogP contribution in [0.4, 0.5) is 32.8 Å². The lowest BCUT2D eigenvalue weighted by Gasteiger charge is -2.43. The number of rotatable bonds is 6. The van der Waals surface area contributed by atoms with E-state index in [-0.39, 0.29) is 23.0 Å². The topological polar surface area (TPSA) is 6.48 Å². The second kappa shape index (κ2) is 19.5. The van der Waals surface area contributed by atoms with Gasteiger partial charge >= 0.3 is 0 Å². The zero-order valence-corrected chi connectivity index (χ0v) is 55.0. The maximum absolute atomic E-state index is 2.73. The fourth-order valence-corrected chi connectivity index (χ4v) is 20.2. The van der Waals surface area contributed by atoms with E-state index in [1.54, 1.807) is 0 Å². The van der Waals surface area contributed by atoms with Gasteiger partial charge < -0.3 is 9.80 Å². The average molecular weight is 1230 g/mol. The minimum atomic E-state index is -0.209. The molecule has 0 aliphatic carbocycles. The number of hydrogen-bond donors (Lipinski definition) is 0. The van der Waals surface area contributed by atoms with Crippen molar-refractivity contribution in [3.63, 3.8) is 0 Å². The molecule has 0 bridgehead atoms. The molecule has 17 rings (SSSR count). The summed E-state index contributed by atoms with van der Waals surface area (Å²) in [5, 5.41) is 20.0.